The number of halogens is 1. The van der Waals surface area contributed by atoms with Gasteiger partial charge in [-0.25, -0.2) is 8.42 Å². The van der Waals surface area contributed by atoms with Gasteiger partial charge in [-0.3, -0.25) is 4.72 Å². The Morgan fingerprint density at radius 2 is 1.96 bits per heavy atom. The third-order valence-electron chi connectivity index (χ3n) is 4.88. The van der Waals surface area contributed by atoms with Gasteiger partial charge in [0.25, 0.3) is 10.0 Å². The summed E-state index contributed by atoms with van der Waals surface area (Å²) >= 11 is 6.24. The highest BCUT2D eigenvalue weighted by molar-refractivity contribution is 7.92. The zero-order chi connectivity index (χ0) is 20.1. The number of hydrogen-bond acceptors (Lipinski definition) is 4. The lowest BCUT2D eigenvalue weighted by atomic mass is 10.1. The van der Waals surface area contributed by atoms with Gasteiger partial charge in [0.15, 0.2) is 0 Å². The standard InChI is InChI=1S/C21H27ClN2O3S/c1-3-4-5-16-6-9-19(10-7-16)28(25,26)23-17-8-11-20(22)21(14-17)27-18-12-13-24(2)15-18/h6-11,14,18,23H,3-5,12-13,15H2,1-2H3/t18-/m1/s1. The Morgan fingerprint density at radius 1 is 1.21 bits per heavy atom. The van der Waals surface area contributed by atoms with Crippen LogP contribution in [0.2, 0.25) is 5.02 Å². The third-order valence-corrected chi connectivity index (χ3v) is 6.59. The minimum absolute atomic E-state index is 0.0602. The lowest BCUT2D eigenvalue weighted by Gasteiger charge is -2.16. The van der Waals surface area contributed by atoms with Crippen molar-refractivity contribution >= 4 is 27.3 Å². The molecule has 0 bridgehead atoms. The van der Waals surface area contributed by atoms with Crippen LogP contribution < -0.4 is 9.46 Å². The lowest BCUT2D eigenvalue weighted by molar-refractivity contribution is 0.208. The van der Waals surface area contributed by atoms with E-state index < -0.39 is 10.0 Å². The largest absolute Gasteiger partial charge is 0.487 e. The Balaban J connectivity index is 1.72. The highest BCUT2D eigenvalue weighted by Crippen LogP contribution is 2.31. The summed E-state index contributed by atoms with van der Waals surface area (Å²) in [5.41, 5.74) is 1.57. The molecule has 0 amide bonds. The van der Waals surface area contributed by atoms with E-state index in [1.165, 1.54) is 0 Å². The van der Waals surface area contributed by atoms with Crippen LogP contribution in [0, 0.1) is 0 Å². The van der Waals surface area contributed by atoms with Crippen molar-refractivity contribution in [2.45, 2.75) is 43.6 Å². The second-order valence-electron chi connectivity index (χ2n) is 7.29. The average Bonchev–Trinajstić information content (AvgIpc) is 3.07. The smallest absolute Gasteiger partial charge is 0.261 e. The van der Waals surface area contributed by atoms with Crippen molar-refractivity contribution in [3.63, 3.8) is 0 Å². The zero-order valence-electron chi connectivity index (χ0n) is 16.3. The van der Waals surface area contributed by atoms with Crippen LogP contribution in [0.25, 0.3) is 0 Å². The molecule has 3 rings (SSSR count). The molecule has 0 saturated carbocycles. The number of anilines is 1. The summed E-state index contributed by atoms with van der Waals surface area (Å²) in [6.07, 6.45) is 4.14. The fourth-order valence-corrected chi connectivity index (χ4v) is 4.47. The molecule has 1 fully saturated rings. The van der Waals surface area contributed by atoms with E-state index in [1.807, 2.05) is 19.2 Å². The van der Waals surface area contributed by atoms with Gasteiger partial charge in [0.05, 0.1) is 15.6 Å². The molecule has 1 atom stereocenters. The molecule has 0 aromatic heterocycles. The number of aryl methyl sites for hydroxylation is 1. The van der Waals surface area contributed by atoms with Crippen LogP contribution in [-0.2, 0) is 16.4 Å². The number of benzene rings is 2. The number of unbranched alkanes of at least 4 members (excludes halogenated alkanes) is 1. The zero-order valence-corrected chi connectivity index (χ0v) is 17.9. The van der Waals surface area contributed by atoms with Gasteiger partial charge in [-0.15, -0.1) is 0 Å². The second-order valence-corrected chi connectivity index (χ2v) is 9.38. The summed E-state index contributed by atoms with van der Waals surface area (Å²) in [4.78, 5) is 2.43. The van der Waals surface area contributed by atoms with Crippen LogP contribution in [0.4, 0.5) is 5.69 Å². The molecular weight excluding hydrogens is 396 g/mol. The van der Waals surface area contributed by atoms with Crippen molar-refractivity contribution in [1.29, 1.82) is 0 Å². The number of sulfonamides is 1. The summed E-state index contributed by atoms with van der Waals surface area (Å²) in [5.74, 6) is 0.497. The van der Waals surface area contributed by atoms with Gasteiger partial charge in [0, 0.05) is 19.2 Å². The molecule has 1 aliphatic rings. The molecule has 2 aromatic carbocycles. The Kier molecular flexibility index (Phi) is 6.86. The fourth-order valence-electron chi connectivity index (χ4n) is 3.26. The second kappa shape index (κ2) is 9.16. The number of nitrogens with zero attached hydrogens (tertiary/aromatic N) is 1. The van der Waals surface area contributed by atoms with Crippen LogP contribution in [0.1, 0.15) is 31.7 Å². The number of ether oxygens (including phenoxy) is 1. The molecular formula is C21H27ClN2O3S. The molecule has 0 radical (unpaired) electrons. The number of hydrogen-bond donors (Lipinski definition) is 1. The summed E-state index contributed by atoms with van der Waals surface area (Å²) in [5, 5.41) is 0.470. The normalized spacial score (nSPS) is 17.6. The molecule has 1 saturated heterocycles. The third kappa shape index (κ3) is 5.40. The number of likely N-dealkylation sites (tertiary alicyclic amines) is 1. The topological polar surface area (TPSA) is 58.6 Å². The van der Waals surface area contributed by atoms with Crippen molar-refractivity contribution in [2.24, 2.45) is 0 Å². The molecule has 0 aliphatic carbocycles. The predicted octanol–water partition coefficient (Wildman–Crippen LogP) is 4.57. The van der Waals surface area contributed by atoms with E-state index in [0.717, 1.165) is 44.3 Å². The maximum Gasteiger partial charge on any atom is 0.261 e. The summed E-state index contributed by atoms with van der Waals surface area (Å²) in [6, 6.07) is 12.0. The van der Waals surface area contributed by atoms with Crippen molar-refractivity contribution in [3.8, 4) is 5.75 Å². The molecule has 152 valence electrons. The number of nitrogens with one attached hydrogen (secondary N) is 1. The maximum absolute atomic E-state index is 12.7. The van der Waals surface area contributed by atoms with Gasteiger partial charge >= 0.3 is 0 Å². The lowest BCUT2D eigenvalue weighted by Crippen LogP contribution is -2.21. The minimum atomic E-state index is -3.67. The van der Waals surface area contributed by atoms with E-state index in [1.54, 1.807) is 30.3 Å². The Morgan fingerprint density at radius 3 is 2.61 bits per heavy atom. The highest BCUT2D eigenvalue weighted by atomic mass is 35.5. The Labute approximate surface area is 172 Å². The van der Waals surface area contributed by atoms with Gasteiger partial charge in [0.1, 0.15) is 11.9 Å². The van der Waals surface area contributed by atoms with E-state index in [9.17, 15) is 8.42 Å². The van der Waals surface area contributed by atoms with Crippen molar-refractivity contribution < 1.29 is 13.2 Å². The average molecular weight is 423 g/mol. The van der Waals surface area contributed by atoms with E-state index in [-0.39, 0.29) is 11.0 Å². The van der Waals surface area contributed by atoms with Gasteiger partial charge < -0.3 is 9.64 Å². The minimum Gasteiger partial charge on any atom is -0.487 e. The van der Waals surface area contributed by atoms with E-state index in [4.69, 9.17) is 16.3 Å². The molecule has 1 N–H and O–H groups in total. The molecule has 0 spiro atoms. The van der Waals surface area contributed by atoms with Crippen molar-refractivity contribution in [2.75, 3.05) is 24.9 Å². The molecule has 1 heterocycles. The quantitative estimate of drug-likeness (QED) is 0.677. The molecule has 1 aliphatic heterocycles. The first kappa shape index (κ1) is 21.0. The van der Waals surface area contributed by atoms with E-state index in [2.05, 4.69) is 16.5 Å². The van der Waals surface area contributed by atoms with E-state index >= 15 is 0 Å². The van der Waals surface area contributed by atoms with Gasteiger partial charge in [-0.1, -0.05) is 37.1 Å². The van der Waals surface area contributed by atoms with E-state index in [0.29, 0.717) is 16.5 Å². The Bertz CT molecular complexity index is 900. The fraction of sp³-hybridized carbons (Fsp3) is 0.429. The molecule has 2 aromatic rings. The van der Waals surface area contributed by atoms with Crippen LogP contribution in [0.3, 0.4) is 0 Å². The van der Waals surface area contributed by atoms with Gasteiger partial charge in [-0.05, 0) is 56.1 Å². The van der Waals surface area contributed by atoms with Crippen molar-refractivity contribution in [1.82, 2.24) is 4.90 Å². The van der Waals surface area contributed by atoms with Crippen LogP contribution in [0.15, 0.2) is 47.4 Å². The van der Waals surface area contributed by atoms with Crippen molar-refractivity contribution in [3.05, 3.63) is 53.1 Å². The predicted molar refractivity (Wildman–Crippen MR) is 114 cm³/mol. The van der Waals surface area contributed by atoms with Crippen LogP contribution >= 0.6 is 11.6 Å². The molecule has 5 nitrogen and oxygen atoms in total. The summed E-state index contributed by atoms with van der Waals surface area (Å²) in [6.45, 7) is 3.94. The summed E-state index contributed by atoms with van der Waals surface area (Å²) in [7, 11) is -1.63. The van der Waals surface area contributed by atoms with Gasteiger partial charge in [0.2, 0.25) is 0 Å². The SMILES string of the molecule is CCCCc1ccc(S(=O)(=O)Nc2ccc(Cl)c(O[C@@H]3CCN(C)C3)c2)cc1. The Hall–Kier alpha value is -1.76. The highest BCUT2D eigenvalue weighted by Gasteiger charge is 2.22. The van der Waals surface area contributed by atoms with Crippen LogP contribution in [0.5, 0.6) is 5.75 Å². The monoisotopic (exact) mass is 422 g/mol. The molecule has 0 unspecified atom stereocenters. The molecule has 7 heteroatoms. The first-order chi connectivity index (χ1) is 13.4. The summed E-state index contributed by atoms with van der Waals surface area (Å²) < 4.78 is 34.0. The maximum atomic E-state index is 12.7. The molecule has 28 heavy (non-hydrogen) atoms. The number of likely N-dealkylation sites (N-methyl/N-ethyl adjacent to an activating group) is 1. The van der Waals surface area contributed by atoms with Crippen LogP contribution in [-0.4, -0.2) is 39.6 Å². The first-order valence-electron chi connectivity index (χ1n) is 9.64. The number of rotatable bonds is 8. The van der Waals surface area contributed by atoms with Gasteiger partial charge in [-0.2, -0.15) is 0 Å². The first-order valence-corrected chi connectivity index (χ1v) is 11.5.